The normalized spacial score (nSPS) is 23.1. The van der Waals surface area contributed by atoms with Gasteiger partial charge in [-0.25, -0.2) is 13.6 Å². The number of likely N-dealkylation sites (tertiary alicyclic amines) is 1. The van der Waals surface area contributed by atoms with Crippen molar-refractivity contribution in [1.82, 2.24) is 4.90 Å². The summed E-state index contributed by atoms with van der Waals surface area (Å²) in [5.74, 6) is 0. The van der Waals surface area contributed by atoms with Gasteiger partial charge in [0.25, 0.3) is 0 Å². The van der Waals surface area contributed by atoms with E-state index in [-0.39, 0.29) is 0 Å². The van der Waals surface area contributed by atoms with E-state index in [1.807, 2.05) is 0 Å². The molecule has 0 aromatic heterocycles. The molecule has 4 nitrogen and oxygen atoms in total. The van der Waals surface area contributed by atoms with Crippen LogP contribution in [0.1, 0.15) is 39.5 Å². The average Bonchev–Trinajstić information content (AvgIpc) is 2.06. The van der Waals surface area contributed by atoms with Crippen LogP contribution >= 0.6 is 0 Å². The Bertz CT molecular complexity index is 242. The highest BCUT2D eigenvalue weighted by atomic mass is 32.2. The summed E-state index contributed by atoms with van der Waals surface area (Å²) in [5.41, 5.74) is 0. The second kappa shape index (κ2) is 7.19. The Morgan fingerprint density at radius 1 is 1.40 bits per heavy atom. The van der Waals surface area contributed by atoms with Crippen LogP contribution in [0.25, 0.3) is 0 Å². The Morgan fingerprint density at radius 2 is 1.93 bits per heavy atom. The first-order chi connectivity index (χ1) is 6.84. The number of sulfonamides is 1. The van der Waals surface area contributed by atoms with E-state index in [9.17, 15) is 8.42 Å². The van der Waals surface area contributed by atoms with Crippen LogP contribution in [-0.2, 0) is 10.0 Å². The third kappa shape index (κ3) is 10.2. The van der Waals surface area contributed by atoms with Gasteiger partial charge in [0.05, 0.1) is 6.26 Å². The molecule has 0 aliphatic carbocycles. The minimum absolute atomic E-state index is 0.855. The van der Waals surface area contributed by atoms with Crippen molar-refractivity contribution in [3.05, 3.63) is 0 Å². The van der Waals surface area contributed by atoms with Crippen molar-refractivity contribution in [3.8, 4) is 0 Å². The molecule has 15 heavy (non-hydrogen) atoms. The fourth-order valence-electron chi connectivity index (χ4n) is 1.78. The summed E-state index contributed by atoms with van der Waals surface area (Å²) in [4.78, 5) is 2.61. The molecule has 0 aromatic carbocycles. The Kier molecular flexibility index (Phi) is 7.13. The first-order valence-electron chi connectivity index (χ1n) is 5.56. The van der Waals surface area contributed by atoms with Crippen molar-refractivity contribution in [2.24, 2.45) is 5.14 Å². The van der Waals surface area contributed by atoms with Gasteiger partial charge in [-0.3, -0.25) is 0 Å². The van der Waals surface area contributed by atoms with Crippen LogP contribution in [0.15, 0.2) is 0 Å². The van der Waals surface area contributed by atoms with Gasteiger partial charge in [-0.2, -0.15) is 0 Å². The molecular weight excluding hydrogens is 212 g/mol. The van der Waals surface area contributed by atoms with E-state index in [0.717, 1.165) is 12.3 Å². The van der Waals surface area contributed by atoms with Gasteiger partial charge in [-0.05, 0) is 39.3 Å². The van der Waals surface area contributed by atoms with E-state index in [4.69, 9.17) is 0 Å². The molecule has 0 radical (unpaired) electrons. The number of hydrogen-bond donors (Lipinski definition) is 1. The third-order valence-electron chi connectivity index (χ3n) is 2.45. The third-order valence-corrected chi connectivity index (χ3v) is 2.45. The number of nitrogens with two attached hydrogens (primary N) is 1. The minimum atomic E-state index is -3.17. The van der Waals surface area contributed by atoms with Crippen molar-refractivity contribution < 1.29 is 8.42 Å². The first kappa shape index (κ1) is 14.9. The van der Waals surface area contributed by atoms with Crippen molar-refractivity contribution in [2.45, 2.75) is 45.6 Å². The van der Waals surface area contributed by atoms with Crippen LogP contribution in [-0.4, -0.2) is 38.7 Å². The molecule has 1 aliphatic heterocycles. The van der Waals surface area contributed by atoms with Crippen LogP contribution < -0.4 is 5.14 Å². The summed E-state index contributed by atoms with van der Waals surface area (Å²) in [6, 6.07) is 0.855. The maximum Gasteiger partial charge on any atom is 0.206 e. The maximum atomic E-state index is 9.41. The number of hydrogen-bond acceptors (Lipinski definition) is 3. The van der Waals surface area contributed by atoms with E-state index in [0.29, 0.717) is 0 Å². The average molecular weight is 236 g/mol. The number of piperidine rings is 1. The Balaban J connectivity index is 0.000000336. The standard InChI is InChI=1S/C9H19N.CH5NO2S/c1-3-7-10-8-5-4-6-9(10)2;1-5(2,3)4/h9H,3-8H2,1-2H3;1H3,(H2,2,3,4). The summed E-state index contributed by atoms with van der Waals surface area (Å²) in [7, 11) is -3.17. The maximum absolute atomic E-state index is 9.41. The number of rotatable bonds is 2. The summed E-state index contributed by atoms with van der Waals surface area (Å²) in [6.07, 6.45) is 6.53. The molecule has 1 aliphatic rings. The number of primary sulfonamides is 1. The molecule has 5 heteroatoms. The fourth-order valence-corrected chi connectivity index (χ4v) is 1.78. The molecule has 0 bridgehead atoms. The molecule has 1 saturated heterocycles. The molecule has 1 unspecified atom stereocenters. The van der Waals surface area contributed by atoms with Gasteiger partial charge in [0.15, 0.2) is 0 Å². The highest BCUT2D eigenvalue weighted by Gasteiger charge is 2.16. The fraction of sp³-hybridized carbons (Fsp3) is 1.00. The van der Waals surface area contributed by atoms with Gasteiger partial charge >= 0.3 is 0 Å². The second-order valence-corrected chi connectivity index (χ2v) is 5.87. The molecular formula is C10H24N2O2S. The van der Waals surface area contributed by atoms with Gasteiger partial charge in [-0.1, -0.05) is 13.3 Å². The molecule has 0 spiro atoms. The van der Waals surface area contributed by atoms with E-state index >= 15 is 0 Å². The van der Waals surface area contributed by atoms with Crippen LogP contribution in [0.2, 0.25) is 0 Å². The largest absolute Gasteiger partial charge is 0.301 e. The Morgan fingerprint density at radius 3 is 2.33 bits per heavy atom. The molecule has 0 saturated carbocycles. The topological polar surface area (TPSA) is 63.4 Å². The lowest BCUT2D eigenvalue weighted by molar-refractivity contribution is 0.161. The van der Waals surface area contributed by atoms with Gasteiger partial charge < -0.3 is 4.90 Å². The van der Waals surface area contributed by atoms with E-state index in [1.165, 1.54) is 38.8 Å². The first-order valence-corrected chi connectivity index (χ1v) is 7.52. The molecule has 1 rings (SSSR count). The van der Waals surface area contributed by atoms with Gasteiger partial charge in [0.1, 0.15) is 0 Å². The zero-order chi connectivity index (χ0) is 11.9. The molecule has 0 amide bonds. The van der Waals surface area contributed by atoms with Crippen LogP contribution in [0.4, 0.5) is 0 Å². The monoisotopic (exact) mass is 236 g/mol. The molecule has 2 N–H and O–H groups in total. The molecule has 92 valence electrons. The van der Waals surface area contributed by atoms with Gasteiger partial charge in [0, 0.05) is 6.04 Å². The Labute approximate surface area is 93.9 Å². The van der Waals surface area contributed by atoms with Crippen molar-refractivity contribution >= 4 is 10.0 Å². The van der Waals surface area contributed by atoms with Crippen molar-refractivity contribution in [2.75, 3.05) is 19.3 Å². The molecule has 1 heterocycles. The SMILES string of the molecule is CCCN1CCCCC1C.CS(N)(=O)=O. The lowest BCUT2D eigenvalue weighted by Crippen LogP contribution is -2.37. The summed E-state index contributed by atoms with van der Waals surface area (Å²) < 4.78 is 18.8. The predicted molar refractivity (Wildman–Crippen MR) is 64.2 cm³/mol. The highest BCUT2D eigenvalue weighted by Crippen LogP contribution is 2.15. The smallest absolute Gasteiger partial charge is 0.206 e. The highest BCUT2D eigenvalue weighted by molar-refractivity contribution is 7.88. The van der Waals surface area contributed by atoms with Crippen LogP contribution in [0.5, 0.6) is 0 Å². The number of nitrogens with zero attached hydrogens (tertiary/aromatic N) is 1. The van der Waals surface area contributed by atoms with E-state index in [1.54, 1.807) is 0 Å². The molecule has 1 atom stereocenters. The van der Waals surface area contributed by atoms with Gasteiger partial charge in [0.2, 0.25) is 10.0 Å². The summed E-state index contributed by atoms with van der Waals surface area (Å²) in [5, 5.41) is 4.33. The zero-order valence-corrected chi connectivity index (χ0v) is 10.9. The van der Waals surface area contributed by atoms with Crippen molar-refractivity contribution in [1.29, 1.82) is 0 Å². The lowest BCUT2D eigenvalue weighted by atomic mass is 10.0. The zero-order valence-electron chi connectivity index (χ0n) is 10.1. The van der Waals surface area contributed by atoms with E-state index in [2.05, 4.69) is 23.9 Å². The quantitative estimate of drug-likeness (QED) is 0.783. The predicted octanol–water partition coefficient (Wildman–Crippen LogP) is 1.18. The summed E-state index contributed by atoms with van der Waals surface area (Å²) >= 11 is 0. The van der Waals surface area contributed by atoms with Crippen molar-refractivity contribution in [3.63, 3.8) is 0 Å². The second-order valence-electron chi connectivity index (χ2n) is 4.21. The van der Waals surface area contributed by atoms with Crippen LogP contribution in [0, 0.1) is 0 Å². The molecule has 0 aromatic rings. The minimum Gasteiger partial charge on any atom is -0.301 e. The lowest BCUT2D eigenvalue weighted by Gasteiger charge is -2.32. The summed E-state index contributed by atoms with van der Waals surface area (Å²) in [6.45, 7) is 7.27. The van der Waals surface area contributed by atoms with Gasteiger partial charge in [-0.15, -0.1) is 0 Å². The Hall–Kier alpha value is -0.130. The molecule has 1 fully saturated rings. The van der Waals surface area contributed by atoms with E-state index < -0.39 is 10.0 Å². The van der Waals surface area contributed by atoms with Crippen LogP contribution in [0.3, 0.4) is 0 Å².